The van der Waals surface area contributed by atoms with Crippen LogP contribution in [0.3, 0.4) is 0 Å². The Morgan fingerprint density at radius 3 is 2.29 bits per heavy atom. The highest BCUT2D eigenvalue weighted by atomic mass is 16.1. The molecule has 0 amide bonds. The lowest BCUT2D eigenvalue weighted by Gasteiger charge is -2.23. The van der Waals surface area contributed by atoms with Crippen LogP contribution in [0, 0.1) is 6.92 Å². The van der Waals surface area contributed by atoms with Crippen LogP contribution in [0.25, 0.3) is 0 Å². The van der Waals surface area contributed by atoms with Crippen molar-refractivity contribution in [2.45, 2.75) is 19.9 Å². The topological polar surface area (TPSA) is 20.3 Å². The highest BCUT2D eigenvalue weighted by Crippen LogP contribution is 2.22. The van der Waals surface area contributed by atoms with Gasteiger partial charge in [0, 0.05) is 0 Å². The molecular formula is C12H17NO. The number of Topliss-reactive ketones (excluding diaryl/α,β-unsaturated/α-hetero) is 1. The van der Waals surface area contributed by atoms with Crippen LogP contribution in [-0.2, 0) is 4.79 Å². The highest BCUT2D eigenvalue weighted by molar-refractivity contribution is 5.83. The van der Waals surface area contributed by atoms with E-state index in [-0.39, 0.29) is 11.8 Å². The van der Waals surface area contributed by atoms with Gasteiger partial charge in [0.1, 0.15) is 0 Å². The summed E-state index contributed by atoms with van der Waals surface area (Å²) in [6.45, 7) is 3.67. The summed E-state index contributed by atoms with van der Waals surface area (Å²) in [4.78, 5) is 13.4. The fourth-order valence-electron chi connectivity index (χ4n) is 1.75. The predicted octanol–water partition coefficient (Wildman–Crippen LogP) is 2.19. The van der Waals surface area contributed by atoms with Crippen molar-refractivity contribution in [2.24, 2.45) is 0 Å². The summed E-state index contributed by atoms with van der Waals surface area (Å²) in [5, 5.41) is 0. The van der Waals surface area contributed by atoms with Gasteiger partial charge >= 0.3 is 0 Å². The molecule has 0 saturated carbocycles. The maximum absolute atomic E-state index is 11.5. The molecule has 1 aromatic carbocycles. The van der Waals surface area contributed by atoms with Gasteiger partial charge in [-0.2, -0.15) is 0 Å². The summed E-state index contributed by atoms with van der Waals surface area (Å²) in [6, 6.07) is 7.90. The SMILES string of the molecule is CC(=O)[C@@H](c1ccccc1C)N(C)C. The summed E-state index contributed by atoms with van der Waals surface area (Å²) in [7, 11) is 3.86. The molecule has 0 aliphatic carbocycles. The molecule has 0 spiro atoms. The zero-order valence-corrected chi connectivity index (χ0v) is 9.24. The number of likely N-dealkylation sites (N-methyl/N-ethyl adjacent to an activating group) is 1. The standard InChI is InChI=1S/C12H17NO/c1-9-7-5-6-8-11(9)12(10(2)14)13(3)4/h5-8,12H,1-4H3/t12-/m0/s1. The third-order valence-corrected chi connectivity index (χ3v) is 2.38. The fourth-order valence-corrected chi connectivity index (χ4v) is 1.75. The van der Waals surface area contributed by atoms with Gasteiger partial charge in [0.25, 0.3) is 0 Å². The number of ketones is 1. The van der Waals surface area contributed by atoms with E-state index in [0.29, 0.717) is 0 Å². The Kier molecular flexibility index (Phi) is 3.42. The Morgan fingerprint density at radius 1 is 1.29 bits per heavy atom. The zero-order chi connectivity index (χ0) is 10.7. The monoisotopic (exact) mass is 191 g/mol. The number of carbonyl (C=O) groups excluding carboxylic acids is 1. The molecule has 0 N–H and O–H groups in total. The van der Waals surface area contributed by atoms with Crippen molar-refractivity contribution < 1.29 is 4.79 Å². The summed E-state index contributed by atoms with van der Waals surface area (Å²) in [6.07, 6.45) is 0. The summed E-state index contributed by atoms with van der Waals surface area (Å²) >= 11 is 0. The molecule has 2 nitrogen and oxygen atoms in total. The van der Waals surface area contributed by atoms with Gasteiger partial charge < -0.3 is 0 Å². The second-order valence-electron chi connectivity index (χ2n) is 3.83. The smallest absolute Gasteiger partial charge is 0.151 e. The van der Waals surface area contributed by atoms with Crippen LogP contribution in [0.1, 0.15) is 24.1 Å². The Hall–Kier alpha value is -1.15. The Labute approximate surface area is 85.5 Å². The summed E-state index contributed by atoms with van der Waals surface area (Å²) in [5.41, 5.74) is 2.27. The average molecular weight is 191 g/mol. The number of nitrogens with zero attached hydrogens (tertiary/aromatic N) is 1. The molecule has 0 aliphatic heterocycles. The van der Waals surface area contributed by atoms with E-state index in [0.717, 1.165) is 5.56 Å². The molecule has 1 atom stereocenters. The first-order valence-corrected chi connectivity index (χ1v) is 4.76. The minimum absolute atomic E-state index is 0.115. The maximum Gasteiger partial charge on any atom is 0.151 e. The van der Waals surface area contributed by atoms with Gasteiger partial charge in [0.2, 0.25) is 0 Å². The van der Waals surface area contributed by atoms with E-state index in [9.17, 15) is 4.79 Å². The van der Waals surface area contributed by atoms with E-state index in [1.54, 1.807) is 6.92 Å². The third-order valence-electron chi connectivity index (χ3n) is 2.38. The van der Waals surface area contributed by atoms with Crippen molar-refractivity contribution >= 4 is 5.78 Å². The zero-order valence-electron chi connectivity index (χ0n) is 9.24. The Bertz CT molecular complexity index is 331. The normalized spacial score (nSPS) is 12.9. The predicted molar refractivity (Wildman–Crippen MR) is 58.3 cm³/mol. The molecule has 0 aliphatic rings. The molecule has 1 aromatic rings. The highest BCUT2D eigenvalue weighted by Gasteiger charge is 2.19. The van der Waals surface area contributed by atoms with Crippen LogP contribution in [0.4, 0.5) is 0 Å². The molecule has 0 heterocycles. The average Bonchev–Trinajstić information content (AvgIpc) is 2.07. The lowest BCUT2D eigenvalue weighted by Crippen LogP contribution is -2.26. The van der Waals surface area contributed by atoms with E-state index in [1.807, 2.05) is 50.2 Å². The van der Waals surface area contributed by atoms with Crippen LogP contribution in [0.15, 0.2) is 24.3 Å². The van der Waals surface area contributed by atoms with Gasteiger partial charge in [-0.05, 0) is 39.1 Å². The number of hydrogen-bond acceptors (Lipinski definition) is 2. The first kappa shape index (κ1) is 10.9. The molecule has 0 radical (unpaired) electrons. The molecule has 0 unspecified atom stereocenters. The van der Waals surface area contributed by atoms with E-state index >= 15 is 0 Å². The quantitative estimate of drug-likeness (QED) is 0.730. The van der Waals surface area contributed by atoms with Gasteiger partial charge in [-0.1, -0.05) is 24.3 Å². The summed E-state index contributed by atoms with van der Waals surface area (Å²) < 4.78 is 0. The summed E-state index contributed by atoms with van der Waals surface area (Å²) in [5.74, 6) is 0.185. The van der Waals surface area contributed by atoms with Crippen LogP contribution >= 0.6 is 0 Å². The molecule has 1 rings (SSSR count). The number of benzene rings is 1. The minimum atomic E-state index is -0.115. The van der Waals surface area contributed by atoms with Gasteiger partial charge in [-0.3, -0.25) is 9.69 Å². The third kappa shape index (κ3) is 2.20. The van der Waals surface area contributed by atoms with Crippen molar-refractivity contribution in [3.05, 3.63) is 35.4 Å². The van der Waals surface area contributed by atoms with Gasteiger partial charge in [-0.25, -0.2) is 0 Å². The van der Waals surface area contributed by atoms with E-state index in [1.165, 1.54) is 5.56 Å². The second-order valence-corrected chi connectivity index (χ2v) is 3.83. The van der Waals surface area contributed by atoms with E-state index in [4.69, 9.17) is 0 Å². The number of carbonyl (C=O) groups is 1. The Morgan fingerprint density at radius 2 is 1.86 bits per heavy atom. The lowest BCUT2D eigenvalue weighted by molar-refractivity contribution is -0.121. The van der Waals surface area contributed by atoms with Crippen LogP contribution in [-0.4, -0.2) is 24.8 Å². The van der Waals surface area contributed by atoms with Crippen LogP contribution in [0.5, 0.6) is 0 Å². The number of hydrogen-bond donors (Lipinski definition) is 0. The van der Waals surface area contributed by atoms with Gasteiger partial charge in [0.15, 0.2) is 5.78 Å². The van der Waals surface area contributed by atoms with Crippen LogP contribution < -0.4 is 0 Å². The fraction of sp³-hybridized carbons (Fsp3) is 0.417. The van der Waals surface area contributed by atoms with Crippen molar-refractivity contribution in [1.29, 1.82) is 0 Å². The number of aryl methyl sites for hydroxylation is 1. The van der Waals surface area contributed by atoms with Crippen molar-refractivity contribution in [3.8, 4) is 0 Å². The van der Waals surface area contributed by atoms with Gasteiger partial charge in [0.05, 0.1) is 6.04 Å². The van der Waals surface area contributed by atoms with E-state index < -0.39 is 0 Å². The van der Waals surface area contributed by atoms with Gasteiger partial charge in [-0.15, -0.1) is 0 Å². The molecule has 76 valence electrons. The molecule has 2 heteroatoms. The molecule has 0 fully saturated rings. The first-order chi connectivity index (χ1) is 6.54. The van der Waals surface area contributed by atoms with Crippen molar-refractivity contribution in [3.63, 3.8) is 0 Å². The molecular weight excluding hydrogens is 174 g/mol. The van der Waals surface area contributed by atoms with Crippen molar-refractivity contribution in [2.75, 3.05) is 14.1 Å². The second kappa shape index (κ2) is 4.38. The maximum atomic E-state index is 11.5. The van der Waals surface area contributed by atoms with Crippen molar-refractivity contribution in [1.82, 2.24) is 4.90 Å². The molecule has 0 bridgehead atoms. The molecule has 14 heavy (non-hydrogen) atoms. The molecule has 0 aromatic heterocycles. The Balaban J connectivity index is 3.12. The minimum Gasteiger partial charge on any atom is -0.298 e. The molecule has 0 saturated heterocycles. The number of rotatable bonds is 3. The first-order valence-electron chi connectivity index (χ1n) is 4.76. The largest absolute Gasteiger partial charge is 0.298 e. The van der Waals surface area contributed by atoms with Crippen LogP contribution in [0.2, 0.25) is 0 Å². The lowest BCUT2D eigenvalue weighted by atomic mass is 9.98. The van der Waals surface area contributed by atoms with E-state index in [2.05, 4.69) is 0 Å².